The number of amides is 1. The Morgan fingerprint density at radius 2 is 2.18 bits per heavy atom. The molecule has 2 rings (SSSR count). The molecule has 4 unspecified atom stereocenters. The smallest absolute Gasteiger partial charge is 0.237 e. The van der Waals surface area contributed by atoms with Gasteiger partial charge in [0.15, 0.2) is 0 Å². The van der Waals surface area contributed by atoms with Gasteiger partial charge in [-0.05, 0) is 33.1 Å². The van der Waals surface area contributed by atoms with Crippen LogP contribution in [0, 0.1) is 0 Å². The lowest BCUT2D eigenvalue weighted by atomic mass is 9.97. The third-order valence-corrected chi connectivity index (χ3v) is 4.14. The summed E-state index contributed by atoms with van der Waals surface area (Å²) >= 11 is 0. The first kappa shape index (κ1) is 12.8. The number of nitrogens with zero attached hydrogens (tertiary/aromatic N) is 1. The minimum atomic E-state index is -0.800. The minimum absolute atomic E-state index is 0.257. The van der Waals surface area contributed by atoms with Gasteiger partial charge in [-0.25, -0.2) is 0 Å². The van der Waals surface area contributed by atoms with Crippen molar-refractivity contribution in [2.45, 2.75) is 56.8 Å². The van der Waals surface area contributed by atoms with E-state index in [4.69, 9.17) is 16.2 Å². The second kappa shape index (κ2) is 4.55. The highest BCUT2D eigenvalue weighted by atomic mass is 16.5. The third kappa shape index (κ3) is 2.46. The van der Waals surface area contributed by atoms with Gasteiger partial charge in [0.25, 0.3) is 0 Å². The molecule has 2 fully saturated rings. The number of carbonyl (C=O) groups is 1. The number of primary amides is 1. The molecule has 0 aromatic carbocycles. The first-order valence-electron chi connectivity index (χ1n) is 6.38. The number of morpholine rings is 1. The Kier molecular flexibility index (Phi) is 3.43. The van der Waals surface area contributed by atoms with Gasteiger partial charge in [-0.15, -0.1) is 0 Å². The summed E-state index contributed by atoms with van der Waals surface area (Å²) < 4.78 is 5.61. The van der Waals surface area contributed by atoms with Crippen LogP contribution in [0.25, 0.3) is 0 Å². The summed E-state index contributed by atoms with van der Waals surface area (Å²) in [6.45, 7) is 5.91. The van der Waals surface area contributed by atoms with Crippen molar-refractivity contribution in [3.63, 3.8) is 0 Å². The Morgan fingerprint density at radius 3 is 2.76 bits per heavy atom. The molecule has 0 aromatic rings. The van der Waals surface area contributed by atoms with Crippen LogP contribution in [0.15, 0.2) is 0 Å². The zero-order valence-electron chi connectivity index (χ0n) is 10.7. The molecular formula is C12H23N3O2. The van der Waals surface area contributed by atoms with Crippen LogP contribution in [0.1, 0.15) is 33.1 Å². The molecule has 1 aliphatic carbocycles. The van der Waals surface area contributed by atoms with E-state index >= 15 is 0 Å². The number of rotatable bonds is 2. The summed E-state index contributed by atoms with van der Waals surface area (Å²) in [5, 5.41) is 0. The van der Waals surface area contributed by atoms with Crippen LogP contribution in [0.3, 0.4) is 0 Å². The van der Waals surface area contributed by atoms with Crippen molar-refractivity contribution in [1.82, 2.24) is 4.90 Å². The third-order valence-electron chi connectivity index (χ3n) is 4.14. The van der Waals surface area contributed by atoms with Crippen LogP contribution in [0.4, 0.5) is 0 Å². The molecule has 4 atom stereocenters. The van der Waals surface area contributed by atoms with Gasteiger partial charge in [-0.3, -0.25) is 9.69 Å². The first-order valence-corrected chi connectivity index (χ1v) is 6.38. The largest absolute Gasteiger partial charge is 0.376 e. The van der Waals surface area contributed by atoms with Crippen LogP contribution in [-0.2, 0) is 9.53 Å². The van der Waals surface area contributed by atoms with E-state index in [0.29, 0.717) is 24.9 Å². The molecule has 0 bridgehead atoms. The molecule has 1 heterocycles. The van der Waals surface area contributed by atoms with Gasteiger partial charge in [0.05, 0.1) is 18.2 Å². The van der Waals surface area contributed by atoms with E-state index in [-0.39, 0.29) is 12.0 Å². The average molecular weight is 241 g/mol. The van der Waals surface area contributed by atoms with Gasteiger partial charge in [0.2, 0.25) is 5.91 Å². The molecule has 5 heteroatoms. The number of carbonyl (C=O) groups excluding carboxylic acids is 1. The van der Waals surface area contributed by atoms with Crippen molar-refractivity contribution < 1.29 is 9.53 Å². The Morgan fingerprint density at radius 1 is 1.47 bits per heavy atom. The Hall–Kier alpha value is -0.650. The zero-order valence-corrected chi connectivity index (χ0v) is 10.7. The number of nitrogens with two attached hydrogens (primary N) is 2. The lowest BCUT2D eigenvalue weighted by molar-refractivity contribution is -0.123. The van der Waals surface area contributed by atoms with Crippen molar-refractivity contribution in [3.8, 4) is 0 Å². The Labute approximate surface area is 102 Å². The standard InChI is InChI=1S/C12H23N3O2/c1-8-7-17-9(2)6-15(8)10-3-4-12(14,5-10)11(13)16/h8-10H,3-7,14H2,1-2H3,(H2,13,16). The van der Waals surface area contributed by atoms with Gasteiger partial charge in [-0.2, -0.15) is 0 Å². The molecule has 0 aromatic heterocycles. The molecule has 1 amide bonds. The number of hydrogen-bond acceptors (Lipinski definition) is 4. The average Bonchev–Trinajstić information content (AvgIpc) is 2.66. The molecule has 98 valence electrons. The molecule has 17 heavy (non-hydrogen) atoms. The van der Waals surface area contributed by atoms with Gasteiger partial charge in [0, 0.05) is 18.6 Å². The molecule has 0 spiro atoms. The Bertz CT molecular complexity index is 310. The van der Waals surface area contributed by atoms with Crippen LogP contribution in [0.2, 0.25) is 0 Å². The fourth-order valence-corrected chi connectivity index (χ4v) is 2.99. The maximum Gasteiger partial charge on any atom is 0.237 e. The zero-order chi connectivity index (χ0) is 12.6. The highest BCUT2D eigenvalue weighted by molar-refractivity contribution is 5.84. The predicted molar refractivity (Wildman–Crippen MR) is 65.3 cm³/mol. The van der Waals surface area contributed by atoms with E-state index in [1.54, 1.807) is 0 Å². The van der Waals surface area contributed by atoms with E-state index in [0.717, 1.165) is 19.6 Å². The van der Waals surface area contributed by atoms with Crippen molar-refractivity contribution in [1.29, 1.82) is 0 Å². The summed E-state index contributed by atoms with van der Waals surface area (Å²) in [4.78, 5) is 13.8. The normalized spacial score (nSPS) is 43.8. The van der Waals surface area contributed by atoms with Crippen molar-refractivity contribution >= 4 is 5.91 Å². The molecule has 4 N–H and O–H groups in total. The fourth-order valence-electron chi connectivity index (χ4n) is 2.99. The van der Waals surface area contributed by atoms with Gasteiger partial charge >= 0.3 is 0 Å². The number of ether oxygens (including phenoxy) is 1. The van der Waals surface area contributed by atoms with Crippen LogP contribution in [0.5, 0.6) is 0 Å². The molecular weight excluding hydrogens is 218 g/mol. The molecule has 1 saturated heterocycles. The molecule has 2 aliphatic rings. The maximum absolute atomic E-state index is 11.4. The molecule has 1 saturated carbocycles. The monoisotopic (exact) mass is 241 g/mol. The SMILES string of the molecule is CC1CN(C2CCC(N)(C(N)=O)C2)C(C)CO1. The summed E-state index contributed by atoms with van der Waals surface area (Å²) in [5.74, 6) is -0.367. The molecule has 5 nitrogen and oxygen atoms in total. The van der Waals surface area contributed by atoms with E-state index in [2.05, 4.69) is 18.7 Å². The lowest BCUT2D eigenvalue weighted by Crippen LogP contribution is -2.54. The van der Waals surface area contributed by atoms with Crippen LogP contribution in [-0.4, -0.2) is 47.7 Å². The fraction of sp³-hybridized carbons (Fsp3) is 0.917. The highest BCUT2D eigenvalue weighted by Gasteiger charge is 2.44. The quantitative estimate of drug-likeness (QED) is 0.703. The summed E-state index contributed by atoms with van der Waals surface area (Å²) in [6, 6.07) is 0.764. The van der Waals surface area contributed by atoms with E-state index in [1.165, 1.54) is 0 Å². The summed E-state index contributed by atoms with van der Waals surface area (Å²) in [7, 11) is 0. The van der Waals surface area contributed by atoms with Crippen LogP contribution >= 0.6 is 0 Å². The Balaban J connectivity index is 2.02. The van der Waals surface area contributed by atoms with Crippen LogP contribution < -0.4 is 11.5 Å². The first-order chi connectivity index (χ1) is 7.92. The van der Waals surface area contributed by atoms with Gasteiger partial charge < -0.3 is 16.2 Å². The van der Waals surface area contributed by atoms with Crippen molar-refractivity contribution in [2.75, 3.05) is 13.2 Å². The topological polar surface area (TPSA) is 81.6 Å². The predicted octanol–water partition coefficient (Wildman–Crippen LogP) is -0.169. The van der Waals surface area contributed by atoms with Crippen molar-refractivity contribution in [3.05, 3.63) is 0 Å². The second-order valence-electron chi connectivity index (χ2n) is 5.61. The summed E-state index contributed by atoms with van der Waals surface area (Å²) in [6.07, 6.45) is 2.59. The van der Waals surface area contributed by atoms with Crippen molar-refractivity contribution in [2.24, 2.45) is 11.5 Å². The minimum Gasteiger partial charge on any atom is -0.376 e. The molecule has 0 radical (unpaired) electrons. The lowest BCUT2D eigenvalue weighted by Gasteiger charge is -2.41. The maximum atomic E-state index is 11.4. The summed E-state index contributed by atoms with van der Waals surface area (Å²) in [5.41, 5.74) is 10.6. The molecule has 1 aliphatic heterocycles. The van der Waals surface area contributed by atoms with E-state index in [1.807, 2.05) is 0 Å². The number of hydrogen-bond donors (Lipinski definition) is 2. The second-order valence-corrected chi connectivity index (χ2v) is 5.61. The van der Waals surface area contributed by atoms with Gasteiger partial charge in [0.1, 0.15) is 0 Å². The van der Waals surface area contributed by atoms with E-state index < -0.39 is 5.54 Å². The van der Waals surface area contributed by atoms with E-state index in [9.17, 15) is 4.79 Å². The van der Waals surface area contributed by atoms with Gasteiger partial charge in [-0.1, -0.05) is 0 Å². The highest BCUT2D eigenvalue weighted by Crippen LogP contribution is 2.33.